The van der Waals surface area contributed by atoms with E-state index < -0.39 is 10.0 Å². The predicted molar refractivity (Wildman–Crippen MR) is 131 cm³/mol. The molecule has 0 atom stereocenters. The molecule has 1 saturated heterocycles. The fraction of sp³-hybridized carbons (Fsp3) is 0.360. The number of nitrogens with one attached hydrogen (secondary N) is 1. The molecule has 2 aromatic carbocycles. The zero-order valence-electron chi connectivity index (χ0n) is 19.8. The van der Waals surface area contributed by atoms with Gasteiger partial charge in [0.1, 0.15) is 10.6 Å². The second kappa shape index (κ2) is 9.44. The molecule has 1 aromatic heterocycles. The van der Waals surface area contributed by atoms with Crippen molar-refractivity contribution in [2.75, 3.05) is 38.7 Å². The summed E-state index contributed by atoms with van der Waals surface area (Å²) in [6.45, 7) is 3.24. The van der Waals surface area contributed by atoms with E-state index in [4.69, 9.17) is 9.47 Å². The minimum atomic E-state index is -3.82. The highest BCUT2D eigenvalue weighted by Gasteiger charge is 2.31. The highest BCUT2D eigenvalue weighted by atomic mass is 32.2. The smallest absolute Gasteiger partial charge is 0.276 e. The number of ether oxygens (including phenoxy) is 2. The third-order valence-corrected chi connectivity index (χ3v) is 8.35. The van der Waals surface area contributed by atoms with Gasteiger partial charge in [0, 0.05) is 30.0 Å². The number of morpholine rings is 1. The number of hydrogen-bond acceptors (Lipinski definition) is 6. The van der Waals surface area contributed by atoms with Crippen molar-refractivity contribution in [3.63, 3.8) is 0 Å². The number of anilines is 1. The summed E-state index contributed by atoms with van der Waals surface area (Å²) in [7, 11) is -2.39. The minimum absolute atomic E-state index is 0.00936. The Kier molecular flexibility index (Phi) is 6.35. The van der Waals surface area contributed by atoms with Gasteiger partial charge in [0.05, 0.1) is 26.0 Å². The molecule has 0 radical (unpaired) electrons. The van der Waals surface area contributed by atoms with E-state index in [1.54, 1.807) is 12.1 Å². The maximum absolute atomic E-state index is 13.3. The Hall–Kier alpha value is -3.21. The van der Waals surface area contributed by atoms with Crippen LogP contribution in [-0.2, 0) is 27.6 Å². The summed E-state index contributed by atoms with van der Waals surface area (Å²) in [6, 6.07) is 12.7. The number of fused-ring (bicyclic) bond motifs is 1. The van der Waals surface area contributed by atoms with Gasteiger partial charge in [-0.2, -0.15) is 9.40 Å². The summed E-state index contributed by atoms with van der Waals surface area (Å²) >= 11 is 0. The molecule has 0 bridgehead atoms. The topological polar surface area (TPSA) is 103 Å². The van der Waals surface area contributed by atoms with Crippen molar-refractivity contribution < 1.29 is 22.7 Å². The van der Waals surface area contributed by atoms with Crippen LogP contribution in [0.5, 0.6) is 5.75 Å². The number of benzene rings is 2. The highest BCUT2D eigenvalue weighted by Crippen LogP contribution is 2.32. The van der Waals surface area contributed by atoms with E-state index in [1.807, 2.05) is 35.9 Å². The van der Waals surface area contributed by atoms with Gasteiger partial charge in [-0.3, -0.25) is 4.79 Å². The lowest BCUT2D eigenvalue weighted by molar-refractivity contribution is 0.0729. The quantitative estimate of drug-likeness (QED) is 0.563. The number of amides is 1. The zero-order chi connectivity index (χ0) is 24.6. The predicted octanol–water partition coefficient (Wildman–Crippen LogP) is 2.95. The van der Waals surface area contributed by atoms with Crippen molar-refractivity contribution in [1.29, 1.82) is 0 Å². The SMILES string of the molecule is COc1ccc(NC(=O)c2nn(-c3ccc(C)cc3)c3c2CCC3)cc1S(=O)(=O)N1CCOCC1. The average molecular weight is 497 g/mol. The lowest BCUT2D eigenvalue weighted by Gasteiger charge is -2.26. The maximum atomic E-state index is 13.3. The van der Waals surface area contributed by atoms with Crippen LogP contribution in [0, 0.1) is 6.92 Å². The fourth-order valence-corrected chi connectivity index (χ4v) is 6.18. The molecule has 2 heterocycles. The Labute approximate surface area is 204 Å². The van der Waals surface area contributed by atoms with Crippen LogP contribution in [0.15, 0.2) is 47.4 Å². The molecule has 1 aliphatic heterocycles. The number of carbonyl (C=O) groups excluding carboxylic acids is 1. The van der Waals surface area contributed by atoms with Crippen molar-refractivity contribution in [2.24, 2.45) is 0 Å². The van der Waals surface area contributed by atoms with Crippen molar-refractivity contribution >= 4 is 21.6 Å². The van der Waals surface area contributed by atoms with Gasteiger partial charge >= 0.3 is 0 Å². The molecule has 5 rings (SSSR count). The number of methoxy groups -OCH3 is 1. The molecule has 35 heavy (non-hydrogen) atoms. The number of sulfonamides is 1. The summed E-state index contributed by atoms with van der Waals surface area (Å²) in [5.74, 6) is -0.145. The van der Waals surface area contributed by atoms with E-state index in [0.717, 1.165) is 41.8 Å². The van der Waals surface area contributed by atoms with Crippen molar-refractivity contribution in [3.8, 4) is 11.4 Å². The Morgan fingerprint density at radius 3 is 2.54 bits per heavy atom. The second-order valence-corrected chi connectivity index (χ2v) is 10.6. The number of aryl methyl sites for hydroxylation is 1. The lowest BCUT2D eigenvalue weighted by Crippen LogP contribution is -2.40. The molecule has 1 fully saturated rings. The van der Waals surface area contributed by atoms with Gasteiger partial charge in [-0.05, 0) is 56.5 Å². The first-order chi connectivity index (χ1) is 16.9. The summed E-state index contributed by atoms with van der Waals surface area (Å²) in [6.07, 6.45) is 2.60. The van der Waals surface area contributed by atoms with Crippen LogP contribution in [0.25, 0.3) is 5.69 Å². The third kappa shape index (κ3) is 4.44. The molecule has 0 spiro atoms. The first kappa shape index (κ1) is 23.5. The van der Waals surface area contributed by atoms with Crippen LogP contribution >= 0.6 is 0 Å². The molecule has 184 valence electrons. The van der Waals surface area contributed by atoms with Crippen molar-refractivity contribution in [1.82, 2.24) is 14.1 Å². The minimum Gasteiger partial charge on any atom is -0.495 e. The molecule has 9 nitrogen and oxygen atoms in total. The number of nitrogens with zero attached hydrogens (tertiary/aromatic N) is 3. The molecule has 0 saturated carbocycles. The van der Waals surface area contributed by atoms with Crippen LogP contribution in [0.1, 0.15) is 33.7 Å². The van der Waals surface area contributed by atoms with E-state index in [-0.39, 0.29) is 29.6 Å². The molecule has 1 N–H and O–H groups in total. The lowest BCUT2D eigenvalue weighted by atomic mass is 10.2. The number of hydrogen-bond donors (Lipinski definition) is 1. The maximum Gasteiger partial charge on any atom is 0.276 e. The normalized spacial score (nSPS) is 16.2. The molecule has 2 aliphatic rings. The molecule has 0 unspecified atom stereocenters. The molecule has 1 amide bonds. The van der Waals surface area contributed by atoms with Crippen LogP contribution in [0.4, 0.5) is 5.69 Å². The van der Waals surface area contributed by atoms with Gasteiger partial charge in [0.15, 0.2) is 5.69 Å². The van der Waals surface area contributed by atoms with Gasteiger partial charge in [0.2, 0.25) is 10.0 Å². The Balaban J connectivity index is 1.45. The van der Waals surface area contributed by atoms with Crippen molar-refractivity contribution in [3.05, 3.63) is 65.0 Å². The Bertz CT molecular complexity index is 1360. The van der Waals surface area contributed by atoms with E-state index >= 15 is 0 Å². The second-order valence-electron chi connectivity index (χ2n) is 8.71. The Morgan fingerprint density at radius 1 is 1.09 bits per heavy atom. The van der Waals surface area contributed by atoms with E-state index in [0.29, 0.717) is 24.6 Å². The van der Waals surface area contributed by atoms with Gasteiger partial charge in [-0.15, -0.1) is 0 Å². The number of carbonyl (C=O) groups is 1. The van der Waals surface area contributed by atoms with Crippen LogP contribution in [-0.4, -0.2) is 61.8 Å². The molecular formula is C25H28N4O5S. The standard InChI is InChI=1S/C25H28N4O5S/c1-17-6-9-19(10-7-17)29-21-5-3-4-20(21)24(27-29)25(30)26-18-8-11-22(33-2)23(16-18)35(31,32)28-12-14-34-15-13-28/h6-11,16H,3-5,12-15H2,1-2H3,(H,26,30). The van der Waals surface area contributed by atoms with Gasteiger partial charge in [-0.25, -0.2) is 13.1 Å². The summed E-state index contributed by atoms with van der Waals surface area (Å²) < 4.78 is 40.4. The zero-order valence-corrected chi connectivity index (χ0v) is 20.6. The first-order valence-corrected chi connectivity index (χ1v) is 13.1. The third-order valence-electron chi connectivity index (χ3n) is 6.43. The Morgan fingerprint density at radius 2 is 1.83 bits per heavy atom. The molecule has 10 heteroatoms. The van der Waals surface area contributed by atoms with E-state index in [1.165, 1.54) is 17.5 Å². The van der Waals surface area contributed by atoms with Gasteiger partial charge < -0.3 is 14.8 Å². The van der Waals surface area contributed by atoms with Crippen LogP contribution < -0.4 is 10.1 Å². The van der Waals surface area contributed by atoms with E-state index in [9.17, 15) is 13.2 Å². The van der Waals surface area contributed by atoms with Crippen LogP contribution in [0.3, 0.4) is 0 Å². The largest absolute Gasteiger partial charge is 0.495 e. The number of rotatable bonds is 6. The number of aromatic nitrogens is 2. The average Bonchev–Trinajstić information content (AvgIpc) is 3.48. The van der Waals surface area contributed by atoms with E-state index in [2.05, 4.69) is 10.4 Å². The first-order valence-electron chi connectivity index (χ1n) is 11.6. The summed E-state index contributed by atoms with van der Waals surface area (Å²) in [4.78, 5) is 13.3. The van der Waals surface area contributed by atoms with Gasteiger partial charge in [0.25, 0.3) is 5.91 Å². The fourth-order valence-electron chi connectivity index (χ4n) is 4.59. The van der Waals surface area contributed by atoms with Crippen LogP contribution in [0.2, 0.25) is 0 Å². The monoisotopic (exact) mass is 496 g/mol. The molecule has 1 aliphatic carbocycles. The summed E-state index contributed by atoms with van der Waals surface area (Å²) in [5.41, 5.74) is 4.78. The van der Waals surface area contributed by atoms with Gasteiger partial charge in [-0.1, -0.05) is 17.7 Å². The molecule has 3 aromatic rings. The highest BCUT2D eigenvalue weighted by molar-refractivity contribution is 7.89. The van der Waals surface area contributed by atoms with Crippen molar-refractivity contribution in [2.45, 2.75) is 31.1 Å². The molecular weight excluding hydrogens is 468 g/mol. The summed E-state index contributed by atoms with van der Waals surface area (Å²) in [5, 5.41) is 7.50.